The predicted octanol–water partition coefficient (Wildman–Crippen LogP) is 1.63. The largest absolute Gasteiger partial charge is 0.378 e. The fraction of sp³-hybridized carbons (Fsp3) is 0.733. The Labute approximate surface area is 120 Å². The maximum atomic E-state index is 6.01. The molecule has 2 aliphatic heterocycles. The summed E-state index contributed by atoms with van der Waals surface area (Å²) in [5.41, 5.74) is 1.03. The first-order valence-electron chi connectivity index (χ1n) is 7.40. The van der Waals surface area contributed by atoms with Gasteiger partial charge in [-0.3, -0.25) is 0 Å². The second kappa shape index (κ2) is 5.76. The van der Waals surface area contributed by atoms with Crippen LogP contribution in [0.25, 0.3) is 0 Å². The molecule has 3 atom stereocenters. The van der Waals surface area contributed by atoms with Crippen molar-refractivity contribution in [3.63, 3.8) is 0 Å². The van der Waals surface area contributed by atoms with Crippen molar-refractivity contribution >= 4 is 0 Å². The molecule has 1 spiro atoms. The summed E-state index contributed by atoms with van der Waals surface area (Å²) in [6, 6.07) is 0.192. The summed E-state index contributed by atoms with van der Waals surface area (Å²) in [5.74, 6) is 1.39. The van der Waals surface area contributed by atoms with Gasteiger partial charge < -0.3 is 14.8 Å². The van der Waals surface area contributed by atoms with E-state index >= 15 is 0 Å². The second-order valence-electron chi connectivity index (χ2n) is 5.97. The summed E-state index contributed by atoms with van der Waals surface area (Å²) < 4.78 is 11.6. The molecule has 1 aromatic heterocycles. The molecule has 2 fully saturated rings. The molecule has 5 heteroatoms. The first kappa shape index (κ1) is 13.9. The molecule has 0 aliphatic carbocycles. The van der Waals surface area contributed by atoms with Crippen LogP contribution in [0.2, 0.25) is 0 Å². The van der Waals surface area contributed by atoms with Crippen LogP contribution in [0.1, 0.15) is 36.7 Å². The first-order valence-corrected chi connectivity index (χ1v) is 7.40. The summed E-state index contributed by atoms with van der Waals surface area (Å²) in [4.78, 5) is 8.99. The molecule has 3 heterocycles. The summed E-state index contributed by atoms with van der Waals surface area (Å²) in [7, 11) is 1.99. The molecule has 5 nitrogen and oxygen atoms in total. The van der Waals surface area contributed by atoms with Crippen molar-refractivity contribution in [3.8, 4) is 0 Å². The molecular formula is C15H23N3O2. The zero-order chi connectivity index (χ0) is 14.0. The van der Waals surface area contributed by atoms with Gasteiger partial charge >= 0.3 is 0 Å². The highest BCUT2D eigenvalue weighted by Gasteiger charge is 2.43. The molecule has 0 amide bonds. The molecule has 20 heavy (non-hydrogen) atoms. The van der Waals surface area contributed by atoms with Crippen molar-refractivity contribution in [1.82, 2.24) is 15.3 Å². The Hall–Kier alpha value is -1.04. The fourth-order valence-corrected chi connectivity index (χ4v) is 3.35. The third-order valence-corrected chi connectivity index (χ3v) is 4.46. The molecule has 2 saturated heterocycles. The Bertz CT molecular complexity index is 443. The minimum absolute atomic E-state index is 0.0668. The quantitative estimate of drug-likeness (QED) is 0.910. The van der Waals surface area contributed by atoms with Crippen LogP contribution in [-0.2, 0) is 9.47 Å². The Kier molecular flexibility index (Phi) is 4.01. The van der Waals surface area contributed by atoms with Gasteiger partial charge in [0.15, 0.2) is 0 Å². The van der Waals surface area contributed by atoms with Crippen molar-refractivity contribution in [1.29, 1.82) is 0 Å². The lowest BCUT2D eigenvalue weighted by Gasteiger charge is -2.39. The molecule has 1 N–H and O–H groups in total. The van der Waals surface area contributed by atoms with Gasteiger partial charge in [0, 0.05) is 32.0 Å². The van der Waals surface area contributed by atoms with Crippen molar-refractivity contribution in [2.45, 2.75) is 37.8 Å². The normalized spacial score (nSPS) is 31.6. The van der Waals surface area contributed by atoms with E-state index in [0.717, 1.165) is 50.5 Å². The third-order valence-electron chi connectivity index (χ3n) is 4.46. The van der Waals surface area contributed by atoms with Crippen molar-refractivity contribution in [2.75, 3.05) is 26.9 Å². The van der Waals surface area contributed by atoms with Gasteiger partial charge in [0.05, 0.1) is 18.2 Å². The van der Waals surface area contributed by atoms with E-state index in [1.165, 1.54) is 0 Å². The first-order chi connectivity index (χ1) is 9.72. The van der Waals surface area contributed by atoms with Crippen LogP contribution >= 0.6 is 0 Å². The highest BCUT2D eigenvalue weighted by molar-refractivity contribution is 5.07. The second-order valence-corrected chi connectivity index (χ2v) is 5.97. The van der Waals surface area contributed by atoms with Crippen LogP contribution in [-0.4, -0.2) is 42.4 Å². The van der Waals surface area contributed by atoms with Crippen LogP contribution < -0.4 is 5.32 Å². The van der Waals surface area contributed by atoms with E-state index < -0.39 is 0 Å². The van der Waals surface area contributed by atoms with Crippen molar-refractivity contribution < 1.29 is 9.47 Å². The molecular weight excluding hydrogens is 254 g/mol. The zero-order valence-electron chi connectivity index (χ0n) is 12.3. The maximum Gasteiger partial charge on any atom is 0.145 e. The summed E-state index contributed by atoms with van der Waals surface area (Å²) >= 11 is 0. The molecule has 0 bridgehead atoms. The lowest BCUT2D eigenvalue weighted by molar-refractivity contribution is -0.103. The number of aryl methyl sites for hydroxylation is 1. The molecule has 0 saturated carbocycles. The van der Waals surface area contributed by atoms with Crippen LogP contribution in [0.4, 0.5) is 0 Å². The van der Waals surface area contributed by atoms with Crippen LogP contribution in [0.15, 0.2) is 12.4 Å². The Morgan fingerprint density at radius 3 is 2.80 bits per heavy atom. The number of aromatic nitrogens is 2. The van der Waals surface area contributed by atoms with Gasteiger partial charge in [-0.25, -0.2) is 9.97 Å². The zero-order valence-corrected chi connectivity index (χ0v) is 12.3. The van der Waals surface area contributed by atoms with E-state index in [2.05, 4.69) is 15.3 Å². The molecule has 2 aliphatic rings. The molecule has 0 aromatic carbocycles. The molecule has 1 aromatic rings. The summed E-state index contributed by atoms with van der Waals surface area (Å²) in [6.07, 6.45) is 6.86. The molecule has 3 rings (SSSR count). The van der Waals surface area contributed by atoms with E-state index in [1.54, 1.807) is 0 Å². The lowest BCUT2D eigenvalue weighted by atomic mass is 9.81. The predicted molar refractivity (Wildman–Crippen MR) is 75.4 cm³/mol. The average molecular weight is 277 g/mol. The Balaban J connectivity index is 1.76. The highest BCUT2D eigenvalue weighted by atomic mass is 16.6. The van der Waals surface area contributed by atoms with E-state index in [-0.39, 0.29) is 11.6 Å². The van der Waals surface area contributed by atoms with Gasteiger partial charge in [-0.1, -0.05) is 0 Å². The van der Waals surface area contributed by atoms with Crippen LogP contribution in [0.5, 0.6) is 0 Å². The molecule has 110 valence electrons. The topological polar surface area (TPSA) is 56.3 Å². The van der Waals surface area contributed by atoms with Crippen LogP contribution in [0, 0.1) is 12.8 Å². The highest BCUT2D eigenvalue weighted by Crippen LogP contribution is 2.40. The number of nitrogens with zero attached hydrogens (tertiary/aromatic N) is 2. The van der Waals surface area contributed by atoms with Crippen LogP contribution in [0.3, 0.4) is 0 Å². The minimum Gasteiger partial charge on any atom is -0.378 e. The monoisotopic (exact) mass is 277 g/mol. The van der Waals surface area contributed by atoms with Gasteiger partial charge in [-0.15, -0.1) is 0 Å². The van der Waals surface area contributed by atoms with E-state index in [4.69, 9.17) is 9.47 Å². The lowest BCUT2D eigenvalue weighted by Crippen LogP contribution is -2.44. The van der Waals surface area contributed by atoms with Gasteiger partial charge in [-0.2, -0.15) is 0 Å². The third kappa shape index (κ3) is 2.71. The van der Waals surface area contributed by atoms with Gasteiger partial charge in [0.1, 0.15) is 5.82 Å². The van der Waals surface area contributed by atoms with E-state index in [0.29, 0.717) is 5.92 Å². The van der Waals surface area contributed by atoms with Crippen molar-refractivity contribution in [2.24, 2.45) is 5.92 Å². The number of hydrogen-bond acceptors (Lipinski definition) is 5. The number of nitrogens with one attached hydrogen (secondary N) is 1. The van der Waals surface area contributed by atoms with Crippen molar-refractivity contribution in [3.05, 3.63) is 23.8 Å². The van der Waals surface area contributed by atoms with Gasteiger partial charge in [0.2, 0.25) is 0 Å². The summed E-state index contributed by atoms with van der Waals surface area (Å²) in [6.45, 7) is 4.36. The van der Waals surface area contributed by atoms with Gasteiger partial charge in [0.25, 0.3) is 0 Å². The van der Waals surface area contributed by atoms with E-state index in [1.807, 2.05) is 26.4 Å². The molecule has 3 unspecified atom stereocenters. The minimum atomic E-state index is -0.0668. The van der Waals surface area contributed by atoms with Gasteiger partial charge in [-0.05, 0) is 38.3 Å². The van der Waals surface area contributed by atoms with E-state index in [9.17, 15) is 0 Å². The fourth-order valence-electron chi connectivity index (χ4n) is 3.35. The number of hydrogen-bond donors (Lipinski definition) is 1. The smallest absolute Gasteiger partial charge is 0.145 e. The average Bonchev–Trinajstić information content (AvgIpc) is 2.90. The number of rotatable bonds is 3. The number of ether oxygens (including phenoxy) is 2. The maximum absolute atomic E-state index is 6.01. The SMILES string of the molecule is CNC(c1ncc(C)cn1)C1CCOC2(CCOC2)C1. The Morgan fingerprint density at radius 2 is 2.15 bits per heavy atom. The molecule has 0 radical (unpaired) electrons. The summed E-state index contributed by atoms with van der Waals surface area (Å²) in [5, 5.41) is 3.39. The standard InChI is InChI=1S/C15H23N3O2/c1-11-8-17-14(18-9-11)13(16-2)12-3-5-20-15(7-12)4-6-19-10-15/h8-9,12-13,16H,3-7,10H2,1-2H3. The Morgan fingerprint density at radius 1 is 1.35 bits per heavy atom.